The van der Waals surface area contributed by atoms with E-state index in [1.165, 1.54) is 6.26 Å². The number of rotatable bonds is 3. The number of hydrogen-bond donors (Lipinski definition) is 2. The van der Waals surface area contributed by atoms with E-state index in [9.17, 15) is 13.2 Å². The maximum atomic E-state index is 11.7. The zero-order chi connectivity index (χ0) is 14.2. The highest BCUT2D eigenvalue weighted by atomic mass is 32.2. The van der Waals surface area contributed by atoms with Crippen molar-refractivity contribution in [3.63, 3.8) is 0 Å². The lowest BCUT2D eigenvalue weighted by atomic mass is 9.99. The molecule has 1 saturated heterocycles. The number of benzene rings is 1. The third-order valence-electron chi connectivity index (χ3n) is 3.49. The maximum absolute atomic E-state index is 11.7. The van der Waals surface area contributed by atoms with Crippen molar-refractivity contribution >= 4 is 15.8 Å². The zero-order valence-corrected chi connectivity index (χ0v) is 11.7. The fourth-order valence-corrected chi connectivity index (χ4v) is 3.41. The van der Waals surface area contributed by atoms with Crippen molar-refractivity contribution in [3.8, 4) is 0 Å². The van der Waals surface area contributed by atoms with Crippen LogP contribution in [0.5, 0.6) is 0 Å². The van der Waals surface area contributed by atoms with Gasteiger partial charge in [-0.2, -0.15) is 0 Å². The lowest BCUT2D eigenvalue weighted by molar-refractivity contribution is -0.141. The van der Waals surface area contributed by atoms with Gasteiger partial charge in [-0.15, -0.1) is 0 Å². The van der Waals surface area contributed by atoms with E-state index in [2.05, 4.69) is 5.32 Å². The van der Waals surface area contributed by atoms with Crippen LogP contribution in [0.25, 0.3) is 0 Å². The van der Waals surface area contributed by atoms with E-state index in [0.717, 1.165) is 5.56 Å². The first kappa shape index (κ1) is 14.0. The summed E-state index contributed by atoms with van der Waals surface area (Å²) in [5.74, 6) is -1.22. The Morgan fingerprint density at radius 2 is 2.11 bits per heavy atom. The van der Waals surface area contributed by atoms with E-state index in [4.69, 9.17) is 5.11 Å². The number of sulfone groups is 1. The summed E-state index contributed by atoms with van der Waals surface area (Å²) in [6.07, 6.45) is 1.67. The third kappa shape index (κ3) is 2.96. The van der Waals surface area contributed by atoms with E-state index in [0.29, 0.717) is 23.4 Å². The monoisotopic (exact) mass is 283 g/mol. The molecule has 1 aliphatic rings. The summed E-state index contributed by atoms with van der Waals surface area (Å²) in [6.45, 7) is 2.17. The molecule has 2 N–H and O–H groups in total. The molecule has 0 spiro atoms. The summed E-state index contributed by atoms with van der Waals surface area (Å²) >= 11 is 0. The first-order chi connectivity index (χ1) is 8.79. The van der Waals surface area contributed by atoms with Crippen molar-refractivity contribution in [2.24, 2.45) is 5.92 Å². The summed E-state index contributed by atoms with van der Waals surface area (Å²) in [7, 11) is -3.26. The molecule has 1 fully saturated rings. The van der Waals surface area contributed by atoms with Crippen LogP contribution < -0.4 is 5.32 Å². The summed E-state index contributed by atoms with van der Waals surface area (Å²) in [4.78, 5) is 11.2. The molecule has 2 unspecified atom stereocenters. The molecule has 2 atom stereocenters. The predicted octanol–water partition coefficient (Wildman–Crippen LogP) is 1.13. The molecular weight excluding hydrogens is 266 g/mol. The second-order valence-electron chi connectivity index (χ2n) is 5.03. The van der Waals surface area contributed by atoms with Gasteiger partial charge in [0.15, 0.2) is 9.84 Å². The lowest BCUT2D eigenvalue weighted by Gasteiger charge is -2.13. The molecule has 2 rings (SSSR count). The molecule has 0 radical (unpaired) electrons. The molecule has 1 heterocycles. The van der Waals surface area contributed by atoms with E-state index in [-0.39, 0.29) is 6.04 Å². The topological polar surface area (TPSA) is 83.5 Å². The van der Waals surface area contributed by atoms with Gasteiger partial charge in [0, 0.05) is 18.8 Å². The summed E-state index contributed by atoms with van der Waals surface area (Å²) in [6, 6.07) is 5.17. The van der Waals surface area contributed by atoms with Gasteiger partial charge < -0.3 is 10.4 Å². The lowest BCUT2D eigenvalue weighted by Crippen LogP contribution is -2.17. The van der Waals surface area contributed by atoms with Crippen LogP contribution in [0, 0.1) is 12.8 Å². The molecule has 1 aromatic rings. The first-order valence-electron chi connectivity index (χ1n) is 6.06. The molecule has 0 bridgehead atoms. The van der Waals surface area contributed by atoms with Crippen molar-refractivity contribution in [2.45, 2.75) is 24.3 Å². The highest BCUT2D eigenvalue weighted by molar-refractivity contribution is 7.90. The Morgan fingerprint density at radius 1 is 1.42 bits per heavy atom. The molecule has 1 aliphatic heterocycles. The summed E-state index contributed by atoms with van der Waals surface area (Å²) in [5.41, 5.74) is 1.54. The first-order valence-corrected chi connectivity index (χ1v) is 7.95. The molecule has 0 amide bonds. The van der Waals surface area contributed by atoms with Crippen molar-refractivity contribution < 1.29 is 18.3 Å². The van der Waals surface area contributed by atoms with E-state index in [1.807, 2.05) is 6.07 Å². The normalized spacial score (nSPS) is 23.5. The Hall–Kier alpha value is -1.40. The molecule has 104 valence electrons. The molecule has 0 aromatic heterocycles. The van der Waals surface area contributed by atoms with Crippen LogP contribution in [0.15, 0.2) is 23.1 Å². The number of aliphatic carboxylic acids is 1. The smallest absolute Gasteiger partial charge is 0.307 e. The fourth-order valence-electron chi connectivity index (χ4n) is 2.41. The van der Waals surface area contributed by atoms with Crippen molar-refractivity contribution in [2.75, 3.05) is 12.8 Å². The number of carbonyl (C=O) groups is 1. The van der Waals surface area contributed by atoms with Crippen molar-refractivity contribution in [1.82, 2.24) is 5.32 Å². The Labute approximate surface area is 112 Å². The number of nitrogens with one attached hydrogen (secondary N) is 1. The quantitative estimate of drug-likeness (QED) is 0.869. The van der Waals surface area contributed by atoms with Crippen LogP contribution in [0.4, 0.5) is 0 Å². The molecule has 19 heavy (non-hydrogen) atoms. The Bertz CT molecular complexity index is 609. The fraction of sp³-hybridized carbons (Fsp3) is 0.462. The predicted molar refractivity (Wildman–Crippen MR) is 70.8 cm³/mol. The second-order valence-corrected chi connectivity index (χ2v) is 7.01. The maximum Gasteiger partial charge on any atom is 0.307 e. The van der Waals surface area contributed by atoms with Crippen LogP contribution in [0.2, 0.25) is 0 Å². The molecular formula is C13H17NO4S. The van der Waals surface area contributed by atoms with Crippen molar-refractivity contribution in [3.05, 3.63) is 29.3 Å². The van der Waals surface area contributed by atoms with Gasteiger partial charge in [0.2, 0.25) is 0 Å². The second kappa shape index (κ2) is 4.94. The largest absolute Gasteiger partial charge is 0.481 e. The minimum atomic E-state index is -3.26. The van der Waals surface area contributed by atoms with Gasteiger partial charge in [-0.05, 0) is 30.5 Å². The van der Waals surface area contributed by atoms with E-state index in [1.54, 1.807) is 19.1 Å². The molecule has 0 saturated carbocycles. The van der Waals surface area contributed by atoms with Gasteiger partial charge >= 0.3 is 5.97 Å². The Morgan fingerprint density at radius 3 is 2.63 bits per heavy atom. The number of aryl methyl sites for hydroxylation is 1. The van der Waals surface area contributed by atoms with E-state index < -0.39 is 21.7 Å². The highest BCUT2D eigenvalue weighted by Gasteiger charge is 2.30. The Kier molecular flexibility index (Phi) is 3.64. The van der Waals surface area contributed by atoms with Crippen molar-refractivity contribution in [1.29, 1.82) is 0 Å². The zero-order valence-electron chi connectivity index (χ0n) is 10.9. The van der Waals surface area contributed by atoms with Gasteiger partial charge in [0.25, 0.3) is 0 Å². The van der Waals surface area contributed by atoms with Gasteiger partial charge in [-0.1, -0.05) is 12.1 Å². The van der Waals surface area contributed by atoms with Crippen LogP contribution >= 0.6 is 0 Å². The van der Waals surface area contributed by atoms with Gasteiger partial charge in [0.1, 0.15) is 0 Å². The highest BCUT2D eigenvalue weighted by Crippen LogP contribution is 2.29. The van der Waals surface area contributed by atoms with E-state index >= 15 is 0 Å². The van der Waals surface area contributed by atoms with Crippen LogP contribution in [-0.2, 0) is 14.6 Å². The standard InChI is InChI=1S/C13H17NO4S/c1-8-3-4-9(6-12(8)19(2,17)18)11-5-10(7-14-11)13(15)16/h3-4,6,10-11,14H,5,7H2,1-2H3,(H,15,16). The minimum absolute atomic E-state index is 0.0952. The summed E-state index contributed by atoms with van der Waals surface area (Å²) < 4.78 is 23.4. The molecule has 5 nitrogen and oxygen atoms in total. The average molecular weight is 283 g/mol. The van der Waals surface area contributed by atoms with Gasteiger partial charge in [-0.3, -0.25) is 4.79 Å². The summed E-state index contributed by atoms with van der Waals surface area (Å²) in [5, 5.41) is 12.1. The molecule has 6 heteroatoms. The number of carboxylic acids is 1. The SMILES string of the molecule is Cc1ccc(C2CC(C(=O)O)CN2)cc1S(C)(=O)=O. The average Bonchev–Trinajstić information content (AvgIpc) is 2.77. The van der Waals surface area contributed by atoms with Crippen LogP contribution in [0.3, 0.4) is 0 Å². The number of hydrogen-bond acceptors (Lipinski definition) is 4. The van der Waals surface area contributed by atoms with Gasteiger partial charge in [-0.25, -0.2) is 8.42 Å². The minimum Gasteiger partial charge on any atom is -0.481 e. The van der Waals surface area contributed by atoms with Gasteiger partial charge in [0.05, 0.1) is 10.8 Å². The third-order valence-corrected chi connectivity index (χ3v) is 4.73. The molecule has 0 aliphatic carbocycles. The molecule has 1 aromatic carbocycles. The van der Waals surface area contributed by atoms with Crippen LogP contribution in [0.1, 0.15) is 23.6 Å². The number of carboxylic acid groups (broad SMARTS) is 1. The van der Waals surface area contributed by atoms with Crippen LogP contribution in [-0.4, -0.2) is 32.3 Å². The Balaban J connectivity index is 2.31.